The van der Waals surface area contributed by atoms with Crippen molar-refractivity contribution in [1.29, 1.82) is 0 Å². The normalized spacial score (nSPS) is 10.4. The van der Waals surface area contributed by atoms with Crippen molar-refractivity contribution in [3.05, 3.63) is 29.6 Å². The molecule has 19 heavy (non-hydrogen) atoms. The van der Waals surface area contributed by atoms with E-state index in [4.69, 9.17) is 5.11 Å². The van der Waals surface area contributed by atoms with E-state index in [9.17, 15) is 14.0 Å². The van der Waals surface area contributed by atoms with Crippen LogP contribution in [0.3, 0.4) is 0 Å². The molecule has 0 spiro atoms. The van der Waals surface area contributed by atoms with Crippen LogP contribution in [0.4, 0.5) is 14.9 Å². The summed E-state index contributed by atoms with van der Waals surface area (Å²) in [5, 5.41) is 11.4. The van der Waals surface area contributed by atoms with E-state index in [1.807, 2.05) is 20.8 Å². The average Bonchev–Trinajstić information content (AvgIpc) is 2.28. The van der Waals surface area contributed by atoms with Gasteiger partial charge in [0.1, 0.15) is 11.4 Å². The van der Waals surface area contributed by atoms with Crippen LogP contribution in [-0.2, 0) is 0 Å². The highest BCUT2D eigenvalue weighted by atomic mass is 19.1. The van der Waals surface area contributed by atoms with Gasteiger partial charge in [-0.25, -0.2) is 14.0 Å². The molecule has 1 aromatic carbocycles. The van der Waals surface area contributed by atoms with Crippen LogP contribution in [0.15, 0.2) is 18.2 Å². The summed E-state index contributed by atoms with van der Waals surface area (Å²) in [5.74, 6) is -2.29. The van der Waals surface area contributed by atoms with Crippen LogP contribution in [0.5, 0.6) is 0 Å². The smallest absolute Gasteiger partial charge is 0.340 e. The third kappa shape index (κ3) is 3.43. The first kappa shape index (κ1) is 14.9. The Balaban J connectivity index is 3.03. The van der Waals surface area contributed by atoms with Crippen LogP contribution in [0, 0.1) is 5.82 Å². The molecule has 0 bridgehead atoms. The maximum atomic E-state index is 13.4. The summed E-state index contributed by atoms with van der Waals surface area (Å²) in [6, 6.07) is 3.26. The van der Waals surface area contributed by atoms with Crippen LogP contribution in [-0.4, -0.2) is 34.6 Å². The van der Waals surface area contributed by atoms with Gasteiger partial charge in [0, 0.05) is 12.6 Å². The lowest BCUT2D eigenvalue weighted by atomic mass is 10.1. The first-order valence-corrected chi connectivity index (χ1v) is 5.97. The number of amides is 2. The fourth-order valence-corrected chi connectivity index (χ4v) is 1.78. The highest BCUT2D eigenvalue weighted by molar-refractivity contribution is 6.00. The second-order valence-corrected chi connectivity index (χ2v) is 4.28. The molecule has 2 N–H and O–H groups in total. The SMILES string of the molecule is CCN(C(=O)Nc1cccc(F)c1C(=O)O)C(C)C. The van der Waals surface area contributed by atoms with Gasteiger partial charge in [-0.3, -0.25) is 0 Å². The van der Waals surface area contributed by atoms with E-state index in [-0.39, 0.29) is 11.7 Å². The number of nitrogens with zero attached hydrogens (tertiary/aromatic N) is 1. The van der Waals surface area contributed by atoms with E-state index in [1.54, 1.807) is 0 Å². The van der Waals surface area contributed by atoms with E-state index >= 15 is 0 Å². The van der Waals surface area contributed by atoms with Gasteiger partial charge in [-0.15, -0.1) is 0 Å². The Morgan fingerprint density at radius 2 is 2.05 bits per heavy atom. The molecule has 0 aliphatic carbocycles. The predicted octanol–water partition coefficient (Wildman–Crippen LogP) is 2.79. The predicted molar refractivity (Wildman–Crippen MR) is 69.9 cm³/mol. The van der Waals surface area contributed by atoms with Crippen molar-refractivity contribution in [2.24, 2.45) is 0 Å². The molecule has 0 unspecified atom stereocenters. The highest BCUT2D eigenvalue weighted by Gasteiger charge is 2.20. The standard InChI is InChI=1S/C13H17FN2O3/c1-4-16(8(2)3)13(19)15-10-7-5-6-9(14)11(10)12(17)18/h5-8H,4H2,1-3H3,(H,15,19)(H,17,18). The third-order valence-corrected chi connectivity index (χ3v) is 2.69. The van der Waals surface area contributed by atoms with Crippen molar-refractivity contribution in [2.45, 2.75) is 26.8 Å². The summed E-state index contributed by atoms with van der Waals surface area (Å²) in [5.41, 5.74) is -0.577. The van der Waals surface area contributed by atoms with E-state index in [0.29, 0.717) is 6.54 Å². The number of carbonyl (C=O) groups excluding carboxylic acids is 1. The number of aromatic carboxylic acids is 1. The van der Waals surface area contributed by atoms with Crippen LogP contribution < -0.4 is 5.32 Å². The van der Waals surface area contributed by atoms with Crippen molar-refractivity contribution in [2.75, 3.05) is 11.9 Å². The Morgan fingerprint density at radius 3 is 2.53 bits per heavy atom. The lowest BCUT2D eigenvalue weighted by Crippen LogP contribution is -2.40. The van der Waals surface area contributed by atoms with E-state index in [1.165, 1.54) is 17.0 Å². The molecule has 0 aliphatic heterocycles. The molecule has 5 nitrogen and oxygen atoms in total. The zero-order valence-corrected chi connectivity index (χ0v) is 11.1. The molecule has 0 aromatic heterocycles. The molecule has 0 atom stereocenters. The van der Waals surface area contributed by atoms with Gasteiger partial charge in [0.15, 0.2) is 0 Å². The van der Waals surface area contributed by atoms with Gasteiger partial charge >= 0.3 is 12.0 Å². The molecule has 6 heteroatoms. The van der Waals surface area contributed by atoms with Crippen molar-refractivity contribution in [1.82, 2.24) is 4.90 Å². The minimum absolute atomic E-state index is 0.0353. The van der Waals surface area contributed by atoms with Crippen LogP contribution in [0.2, 0.25) is 0 Å². The Hall–Kier alpha value is -2.11. The fourth-order valence-electron chi connectivity index (χ4n) is 1.78. The number of carbonyl (C=O) groups is 2. The number of anilines is 1. The summed E-state index contributed by atoms with van der Waals surface area (Å²) in [6.45, 7) is 5.96. The number of halogens is 1. The van der Waals surface area contributed by atoms with Crippen molar-refractivity contribution in [3.8, 4) is 0 Å². The molecular weight excluding hydrogens is 251 g/mol. The largest absolute Gasteiger partial charge is 0.478 e. The highest BCUT2D eigenvalue weighted by Crippen LogP contribution is 2.19. The Morgan fingerprint density at radius 1 is 1.42 bits per heavy atom. The maximum Gasteiger partial charge on any atom is 0.340 e. The number of rotatable bonds is 4. The van der Waals surface area contributed by atoms with Crippen molar-refractivity contribution >= 4 is 17.7 Å². The Bertz CT molecular complexity index is 489. The second-order valence-electron chi connectivity index (χ2n) is 4.28. The summed E-state index contributed by atoms with van der Waals surface area (Å²) in [4.78, 5) is 24.5. The van der Waals surface area contributed by atoms with Gasteiger partial charge in [-0.2, -0.15) is 0 Å². The lowest BCUT2D eigenvalue weighted by molar-refractivity contribution is 0.0693. The molecule has 104 valence electrons. The molecule has 0 radical (unpaired) electrons. The molecule has 1 rings (SSSR count). The van der Waals surface area contributed by atoms with Crippen LogP contribution >= 0.6 is 0 Å². The topological polar surface area (TPSA) is 69.6 Å². The minimum atomic E-state index is -1.42. The molecule has 2 amide bonds. The zero-order chi connectivity index (χ0) is 14.6. The van der Waals surface area contributed by atoms with Crippen molar-refractivity contribution < 1.29 is 19.1 Å². The van der Waals surface area contributed by atoms with Crippen molar-refractivity contribution in [3.63, 3.8) is 0 Å². The molecule has 0 aliphatic rings. The fraction of sp³-hybridized carbons (Fsp3) is 0.385. The molecule has 0 saturated heterocycles. The minimum Gasteiger partial charge on any atom is -0.478 e. The molecule has 0 saturated carbocycles. The monoisotopic (exact) mass is 268 g/mol. The number of urea groups is 1. The van der Waals surface area contributed by atoms with E-state index in [0.717, 1.165) is 6.07 Å². The zero-order valence-electron chi connectivity index (χ0n) is 11.1. The van der Waals surface area contributed by atoms with Gasteiger partial charge in [0.05, 0.1) is 5.69 Å². The first-order chi connectivity index (χ1) is 8.88. The summed E-state index contributed by atoms with van der Waals surface area (Å²) >= 11 is 0. The van der Waals surface area contributed by atoms with Gasteiger partial charge in [0.25, 0.3) is 0 Å². The maximum absolute atomic E-state index is 13.4. The summed E-state index contributed by atoms with van der Waals surface area (Å²) < 4.78 is 13.4. The summed E-state index contributed by atoms with van der Waals surface area (Å²) in [7, 11) is 0. The number of carboxylic acid groups (broad SMARTS) is 1. The number of benzene rings is 1. The number of hydrogen-bond acceptors (Lipinski definition) is 2. The molecule has 0 fully saturated rings. The number of carboxylic acids is 1. The second kappa shape index (κ2) is 6.17. The lowest BCUT2D eigenvalue weighted by Gasteiger charge is -2.25. The number of nitrogens with one attached hydrogen (secondary N) is 1. The van der Waals surface area contributed by atoms with Crippen LogP contribution in [0.25, 0.3) is 0 Å². The third-order valence-electron chi connectivity index (χ3n) is 2.69. The van der Waals surface area contributed by atoms with E-state index < -0.39 is 23.4 Å². The van der Waals surface area contributed by atoms with Crippen LogP contribution in [0.1, 0.15) is 31.1 Å². The van der Waals surface area contributed by atoms with Gasteiger partial charge in [-0.05, 0) is 32.9 Å². The quantitative estimate of drug-likeness (QED) is 0.882. The van der Waals surface area contributed by atoms with Gasteiger partial charge in [-0.1, -0.05) is 6.07 Å². The van der Waals surface area contributed by atoms with E-state index in [2.05, 4.69) is 5.32 Å². The summed E-state index contributed by atoms with van der Waals surface area (Å²) in [6.07, 6.45) is 0. The van der Waals surface area contributed by atoms with Gasteiger partial charge in [0.2, 0.25) is 0 Å². The first-order valence-electron chi connectivity index (χ1n) is 5.97. The molecule has 0 heterocycles. The number of hydrogen-bond donors (Lipinski definition) is 2. The average molecular weight is 268 g/mol. The molecular formula is C13H17FN2O3. The molecule has 1 aromatic rings. The Labute approximate surface area is 111 Å². The van der Waals surface area contributed by atoms with Gasteiger partial charge < -0.3 is 15.3 Å². The Kier molecular flexibility index (Phi) is 4.86.